The molecule has 1 aromatic carbocycles. The minimum atomic E-state index is -4.51. The molecule has 0 radical (unpaired) electrons. The summed E-state index contributed by atoms with van der Waals surface area (Å²) in [7, 11) is -3.32. The first-order valence-electron chi connectivity index (χ1n) is 5.54. The number of rotatable bonds is 5. The molecule has 0 aliphatic heterocycles. The van der Waals surface area contributed by atoms with Crippen molar-refractivity contribution < 1.29 is 36.6 Å². The van der Waals surface area contributed by atoms with Crippen molar-refractivity contribution in [3.63, 3.8) is 0 Å². The molecule has 10 heteroatoms. The van der Waals surface area contributed by atoms with E-state index in [9.17, 15) is 31.5 Å². The van der Waals surface area contributed by atoms with E-state index in [1.54, 1.807) is 0 Å². The normalized spacial score (nSPS) is 12.6. The number of hydrogen-bond acceptors (Lipinski definition) is 4. The standard InChI is InChI=1S/C11H12F3NO5S/c1-15(5-4-11(12,13)14)21(19,20)7-2-3-9(16)8(6-7)10(17)18/h2-3,6,16H,4-5H2,1H3,(H,17,18). The van der Waals surface area contributed by atoms with E-state index < -0.39 is 51.3 Å². The molecule has 0 spiro atoms. The molecule has 0 saturated carbocycles. The Morgan fingerprint density at radius 2 is 1.90 bits per heavy atom. The molecule has 21 heavy (non-hydrogen) atoms. The lowest BCUT2D eigenvalue weighted by Crippen LogP contribution is -2.30. The van der Waals surface area contributed by atoms with Gasteiger partial charge >= 0.3 is 12.1 Å². The van der Waals surface area contributed by atoms with Crippen molar-refractivity contribution in [3.05, 3.63) is 23.8 Å². The SMILES string of the molecule is CN(CCC(F)(F)F)S(=O)(=O)c1ccc(O)c(C(=O)O)c1. The molecule has 1 aromatic rings. The van der Waals surface area contributed by atoms with Crippen LogP contribution < -0.4 is 0 Å². The highest BCUT2D eigenvalue weighted by Gasteiger charge is 2.30. The van der Waals surface area contributed by atoms with Crippen molar-refractivity contribution in [2.75, 3.05) is 13.6 Å². The summed E-state index contributed by atoms with van der Waals surface area (Å²) < 4.78 is 60.8. The fourth-order valence-electron chi connectivity index (χ4n) is 1.43. The van der Waals surface area contributed by atoms with Gasteiger partial charge in [-0.2, -0.15) is 13.2 Å². The van der Waals surface area contributed by atoms with Crippen molar-refractivity contribution in [1.82, 2.24) is 4.31 Å². The first-order valence-corrected chi connectivity index (χ1v) is 6.98. The third kappa shape index (κ3) is 4.33. The molecule has 0 atom stereocenters. The van der Waals surface area contributed by atoms with E-state index in [0.29, 0.717) is 10.4 Å². The number of phenols is 1. The van der Waals surface area contributed by atoms with Crippen LogP contribution in [0.25, 0.3) is 0 Å². The highest BCUT2D eigenvalue weighted by atomic mass is 32.2. The van der Waals surface area contributed by atoms with Crippen molar-refractivity contribution >= 4 is 16.0 Å². The number of benzene rings is 1. The zero-order chi connectivity index (χ0) is 16.4. The van der Waals surface area contributed by atoms with E-state index in [2.05, 4.69) is 0 Å². The third-order valence-corrected chi connectivity index (χ3v) is 4.47. The summed E-state index contributed by atoms with van der Waals surface area (Å²) in [6.07, 6.45) is -5.84. The second-order valence-electron chi connectivity index (χ2n) is 4.18. The number of halogens is 3. The first-order chi connectivity index (χ1) is 9.45. The summed E-state index contributed by atoms with van der Waals surface area (Å²) >= 11 is 0. The average Bonchev–Trinajstić information content (AvgIpc) is 2.34. The summed E-state index contributed by atoms with van der Waals surface area (Å²) in [4.78, 5) is 10.3. The number of hydrogen-bond donors (Lipinski definition) is 2. The van der Waals surface area contributed by atoms with E-state index in [0.717, 1.165) is 19.2 Å². The molecule has 0 heterocycles. The molecule has 0 aliphatic rings. The van der Waals surface area contributed by atoms with Crippen LogP contribution in [0.3, 0.4) is 0 Å². The van der Waals surface area contributed by atoms with Crippen LogP contribution >= 0.6 is 0 Å². The second kappa shape index (κ2) is 5.90. The van der Waals surface area contributed by atoms with Gasteiger partial charge in [-0.05, 0) is 18.2 Å². The Kier molecular flexibility index (Phi) is 4.84. The van der Waals surface area contributed by atoms with Crippen LogP contribution in [0, 0.1) is 0 Å². The smallest absolute Gasteiger partial charge is 0.390 e. The number of aromatic carboxylic acids is 1. The molecule has 6 nitrogen and oxygen atoms in total. The summed E-state index contributed by atoms with van der Waals surface area (Å²) in [6, 6.07) is 2.46. The molecule has 0 aliphatic carbocycles. The van der Waals surface area contributed by atoms with Crippen LogP contribution in [-0.4, -0.2) is 48.7 Å². The van der Waals surface area contributed by atoms with Gasteiger partial charge in [0.05, 0.1) is 11.3 Å². The molecule has 2 N–H and O–H groups in total. The maximum atomic E-state index is 12.1. The number of aromatic hydroxyl groups is 1. The number of sulfonamides is 1. The van der Waals surface area contributed by atoms with Crippen molar-refractivity contribution in [3.8, 4) is 5.75 Å². The predicted octanol–water partition coefficient (Wildman–Crippen LogP) is 1.66. The van der Waals surface area contributed by atoms with E-state index >= 15 is 0 Å². The van der Waals surface area contributed by atoms with Crippen molar-refractivity contribution in [1.29, 1.82) is 0 Å². The lowest BCUT2D eigenvalue weighted by atomic mass is 10.2. The lowest BCUT2D eigenvalue weighted by molar-refractivity contribution is -0.135. The van der Waals surface area contributed by atoms with Crippen LogP contribution in [-0.2, 0) is 10.0 Å². The molecular formula is C11H12F3NO5S. The van der Waals surface area contributed by atoms with Crippen molar-refractivity contribution in [2.45, 2.75) is 17.5 Å². The molecular weight excluding hydrogens is 315 g/mol. The number of alkyl halides is 3. The van der Waals surface area contributed by atoms with Crippen LogP contribution in [0.4, 0.5) is 13.2 Å². The maximum Gasteiger partial charge on any atom is 0.390 e. The van der Waals surface area contributed by atoms with Crippen molar-refractivity contribution in [2.24, 2.45) is 0 Å². The summed E-state index contributed by atoms with van der Waals surface area (Å²) in [6.45, 7) is -0.797. The highest BCUT2D eigenvalue weighted by molar-refractivity contribution is 7.89. The molecule has 0 fully saturated rings. The van der Waals surface area contributed by atoms with E-state index in [1.165, 1.54) is 0 Å². The molecule has 0 amide bonds. The molecule has 0 unspecified atom stereocenters. The fourth-order valence-corrected chi connectivity index (χ4v) is 2.63. The Bertz CT molecular complexity index is 642. The molecule has 118 valence electrons. The Morgan fingerprint density at radius 1 is 1.33 bits per heavy atom. The minimum absolute atomic E-state index is 0.471. The van der Waals surface area contributed by atoms with E-state index in [-0.39, 0.29) is 0 Å². The van der Waals surface area contributed by atoms with Gasteiger partial charge in [0.1, 0.15) is 11.3 Å². The topological polar surface area (TPSA) is 94.9 Å². The Morgan fingerprint density at radius 3 is 2.38 bits per heavy atom. The van der Waals surface area contributed by atoms with Gasteiger partial charge in [-0.1, -0.05) is 0 Å². The zero-order valence-electron chi connectivity index (χ0n) is 10.8. The lowest BCUT2D eigenvalue weighted by Gasteiger charge is -2.18. The van der Waals surface area contributed by atoms with Crippen LogP contribution in [0.2, 0.25) is 0 Å². The Labute approximate surface area is 118 Å². The molecule has 0 bridgehead atoms. The number of nitrogens with zero attached hydrogens (tertiary/aromatic N) is 1. The van der Waals surface area contributed by atoms with Crippen LogP contribution in [0.15, 0.2) is 23.1 Å². The Hall–Kier alpha value is -1.81. The maximum absolute atomic E-state index is 12.1. The quantitative estimate of drug-likeness (QED) is 0.858. The van der Waals surface area contributed by atoms with Gasteiger partial charge in [0.2, 0.25) is 10.0 Å². The van der Waals surface area contributed by atoms with Gasteiger partial charge in [-0.25, -0.2) is 17.5 Å². The largest absolute Gasteiger partial charge is 0.507 e. The summed E-state index contributed by atoms with van der Waals surface area (Å²) in [5, 5.41) is 18.1. The molecule has 0 saturated heterocycles. The Balaban J connectivity index is 3.08. The molecule has 0 aromatic heterocycles. The van der Waals surface area contributed by atoms with Gasteiger partial charge in [0, 0.05) is 13.6 Å². The van der Waals surface area contributed by atoms with Crippen LogP contribution in [0.5, 0.6) is 5.75 Å². The minimum Gasteiger partial charge on any atom is -0.507 e. The van der Waals surface area contributed by atoms with E-state index in [4.69, 9.17) is 5.11 Å². The average molecular weight is 327 g/mol. The summed E-state index contributed by atoms with van der Waals surface area (Å²) in [5.74, 6) is -2.19. The number of carboxylic acid groups (broad SMARTS) is 1. The predicted molar refractivity (Wildman–Crippen MR) is 65.6 cm³/mol. The number of carboxylic acids is 1. The second-order valence-corrected chi connectivity index (χ2v) is 6.22. The highest BCUT2D eigenvalue weighted by Crippen LogP contribution is 2.25. The van der Waals surface area contributed by atoms with Gasteiger partial charge in [-0.15, -0.1) is 0 Å². The van der Waals surface area contributed by atoms with Gasteiger partial charge in [-0.3, -0.25) is 0 Å². The molecule has 1 rings (SSSR count). The van der Waals surface area contributed by atoms with Crippen LogP contribution in [0.1, 0.15) is 16.8 Å². The van der Waals surface area contributed by atoms with Gasteiger partial charge in [0.15, 0.2) is 0 Å². The first kappa shape index (κ1) is 17.2. The zero-order valence-corrected chi connectivity index (χ0v) is 11.6. The fraction of sp³-hybridized carbons (Fsp3) is 0.364. The number of carbonyl (C=O) groups is 1. The third-order valence-electron chi connectivity index (χ3n) is 2.62. The van der Waals surface area contributed by atoms with Gasteiger partial charge in [0.25, 0.3) is 0 Å². The van der Waals surface area contributed by atoms with Gasteiger partial charge < -0.3 is 10.2 Å². The summed E-state index contributed by atoms with van der Waals surface area (Å²) in [5.41, 5.74) is -0.653. The monoisotopic (exact) mass is 327 g/mol. The van der Waals surface area contributed by atoms with E-state index in [1.807, 2.05) is 0 Å².